The van der Waals surface area contributed by atoms with Crippen molar-refractivity contribution in [3.05, 3.63) is 23.5 Å². The highest BCUT2D eigenvalue weighted by atomic mass is 19.1. The molecule has 6 heteroatoms. The Morgan fingerprint density at radius 2 is 2.14 bits per heavy atom. The summed E-state index contributed by atoms with van der Waals surface area (Å²) in [6.45, 7) is 3.92. The number of tetrazole rings is 1. The number of nitrogens with two attached hydrogens (primary N) is 1. The number of aromatic nitrogens is 4. The first kappa shape index (κ1) is 14.0. The average Bonchev–Trinajstić information content (AvgIpc) is 2.93. The molecule has 2 unspecified atom stereocenters. The monoisotopic (exact) mass is 289 g/mol. The van der Waals surface area contributed by atoms with E-state index in [4.69, 9.17) is 5.73 Å². The molecule has 1 aliphatic rings. The van der Waals surface area contributed by atoms with E-state index < -0.39 is 0 Å². The number of hydrogen-bond donors (Lipinski definition) is 1. The Bertz CT molecular complexity index is 628. The van der Waals surface area contributed by atoms with E-state index in [1.807, 2.05) is 4.68 Å². The maximum atomic E-state index is 13.9. The van der Waals surface area contributed by atoms with E-state index in [1.54, 1.807) is 13.0 Å². The lowest BCUT2D eigenvalue weighted by atomic mass is 9.87. The van der Waals surface area contributed by atoms with Crippen molar-refractivity contribution in [3.8, 4) is 11.4 Å². The molecule has 1 aliphatic carbocycles. The minimum Gasteiger partial charge on any atom is -0.398 e. The molecule has 3 rings (SSSR count). The second-order valence-corrected chi connectivity index (χ2v) is 6.04. The van der Waals surface area contributed by atoms with Gasteiger partial charge in [-0.3, -0.25) is 0 Å². The summed E-state index contributed by atoms with van der Waals surface area (Å²) in [6.07, 6.45) is 4.55. The van der Waals surface area contributed by atoms with Gasteiger partial charge in [-0.25, -0.2) is 9.07 Å². The van der Waals surface area contributed by atoms with Crippen LogP contribution in [0.4, 0.5) is 10.1 Å². The van der Waals surface area contributed by atoms with Gasteiger partial charge >= 0.3 is 0 Å². The van der Waals surface area contributed by atoms with Crippen LogP contribution >= 0.6 is 0 Å². The number of benzene rings is 1. The number of nitrogens with zero attached hydrogens (tertiary/aromatic N) is 4. The molecule has 21 heavy (non-hydrogen) atoms. The predicted octanol–water partition coefficient (Wildman–Crippen LogP) is 3.12. The maximum Gasteiger partial charge on any atom is 0.182 e. The van der Waals surface area contributed by atoms with Gasteiger partial charge in [-0.1, -0.05) is 19.8 Å². The number of hydrogen-bond acceptors (Lipinski definition) is 4. The number of anilines is 1. The molecule has 1 heterocycles. The van der Waals surface area contributed by atoms with Crippen molar-refractivity contribution >= 4 is 5.69 Å². The topological polar surface area (TPSA) is 69.6 Å². The molecular formula is C15H20FN5. The Morgan fingerprint density at radius 3 is 2.86 bits per heavy atom. The molecule has 1 aromatic heterocycles. The summed E-state index contributed by atoms with van der Waals surface area (Å²) in [4.78, 5) is 0. The first-order chi connectivity index (χ1) is 10.1. The summed E-state index contributed by atoms with van der Waals surface area (Å²) < 4.78 is 15.7. The molecule has 112 valence electrons. The van der Waals surface area contributed by atoms with Gasteiger partial charge in [-0.05, 0) is 48.2 Å². The van der Waals surface area contributed by atoms with Crippen molar-refractivity contribution in [1.29, 1.82) is 0 Å². The van der Waals surface area contributed by atoms with Gasteiger partial charge in [0.15, 0.2) is 5.82 Å². The molecule has 1 aromatic carbocycles. The SMILES string of the molecule is Cc1c(N)cc(-c2nnnn2C2CCCC(C)C2)cc1F. The zero-order chi connectivity index (χ0) is 15.0. The van der Waals surface area contributed by atoms with Crippen LogP contribution in [0, 0.1) is 18.7 Å². The van der Waals surface area contributed by atoms with Crippen LogP contribution in [0.2, 0.25) is 0 Å². The van der Waals surface area contributed by atoms with Crippen LogP contribution in [0.1, 0.15) is 44.2 Å². The van der Waals surface area contributed by atoms with Crippen LogP contribution < -0.4 is 5.73 Å². The van der Waals surface area contributed by atoms with Crippen molar-refractivity contribution < 1.29 is 4.39 Å². The third-order valence-electron chi connectivity index (χ3n) is 4.39. The highest BCUT2D eigenvalue weighted by Gasteiger charge is 2.24. The summed E-state index contributed by atoms with van der Waals surface area (Å²) in [5.74, 6) is 0.942. The van der Waals surface area contributed by atoms with Crippen molar-refractivity contribution in [2.75, 3.05) is 5.73 Å². The Morgan fingerprint density at radius 1 is 1.33 bits per heavy atom. The fourth-order valence-electron chi connectivity index (χ4n) is 3.08. The summed E-state index contributed by atoms with van der Waals surface area (Å²) >= 11 is 0. The van der Waals surface area contributed by atoms with Crippen LogP contribution in [-0.2, 0) is 0 Å². The Labute approximate surface area is 123 Å². The van der Waals surface area contributed by atoms with E-state index in [9.17, 15) is 4.39 Å². The third kappa shape index (κ3) is 2.62. The van der Waals surface area contributed by atoms with Gasteiger partial charge in [-0.2, -0.15) is 0 Å². The molecule has 2 aromatic rings. The second-order valence-electron chi connectivity index (χ2n) is 6.04. The minimum atomic E-state index is -0.323. The largest absolute Gasteiger partial charge is 0.398 e. The quantitative estimate of drug-likeness (QED) is 0.862. The van der Waals surface area contributed by atoms with Crippen LogP contribution in [0.3, 0.4) is 0 Å². The van der Waals surface area contributed by atoms with Crippen LogP contribution in [0.15, 0.2) is 12.1 Å². The van der Waals surface area contributed by atoms with Gasteiger partial charge in [0, 0.05) is 16.8 Å². The van der Waals surface area contributed by atoms with Gasteiger partial charge in [0.25, 0.3) is 0 Å². The fourth-order valence-corrected chi connectivity index (χ4v) is 3.08. The lowest BCUT2D eigenvalue weighted by molar-refractivity contribution is 0.265. The fraction of sp³-hybridized carbons (Fsp3) is 0.533. The zero-order valence-corrected chi connectivity index (χ0v) is 12.4. The van der Waals surface area contributed by atoms with Crippen molar-refractivity contribution in [2.24, 2.45) is 5.92 Å². The van der Waals surface area contributed by atoms with Gasteiger partial charge < -0.3 is 5.73 Å². The summed E-state index contributed by atoms with van der Waals surface area (Å²) in [6, 6.07) is 3.48. The molecule has 2 atom stereocenters. The van der Waals surface area contributed by atoms with Crippen LogP contribution in [-0.4, -0.2) is 20.2 Å². The van der Waals surface area contributed by atoms with E-state index in [0.29, 0.717) is 28.6 Å². The maximum absolute atomic E-state index is 13.9. The summed E-state index contributed by atoms with van der Waals surface area (Å²) in [5.41, 5.74) is 7.39. The van der Waals surface area contributed by atoms with Gasteiger partial charge in [0.1, 0.15) is 5.82 Å². The molecule has 0 saturated heterocycles. The molecule has 1 fully saturated rings. The van der Waals surface area contributed by atoms with E-state index >= 15 is 0 Å². The van der Waals surface area contributed by atoms with Crippen molar-refractivity contribution in [2.45, 2.75) is 45.6 Å². The number of nitrogen functional groups attached to an aromatic ring is 1. The number of rotatable bonds is 2. The predicted molar refractivity (Wildman–Crippen MR) is 79.0 cm³/mol. The lowest BCUT2D eigenvalue weighted by Crippen LogP contribution is -2.19. The lowest BCUT2D eigenvalue weighted by Gasteiger charge is -2.27. The molecule has 1 saturated carbocycles. The standard InChI is InChI=1S/C15H20FN5/c1-9-4-3-5-12(6-9)21-15(18-19-20-21)11-7-13(16)10(2)14(17)8-11/h7-9,12H,3-6,17H2,1-2H3. The summed E-state index contributed by atoms with van der Waals surface area (Å²) in [7, 11) is 0. The molecule has 0 amide bonds. The van der Waals surface area contributed by atoms with Gasteiger partial charge in [-0.15, -0.1) is 5.10 Å². The highest BCUT2D eigenvalue weighted by molar-refractivity contribution is 5.64. The van der Waals surface area contributed by atoms with E-state index in [1.165, 1.54) is 18.9 Å². The average molecular weight is 289 g/mol. The highest BCUT2D eigenvalue weighted by Crippen LogP contribution is 2.34. The molecule has 0 spiro atoms. The van der Waals surface area contributed by atoms with Crippen molar-refractivity contribution in [1.82, 2.24) is 20.2 Å². The van der Waals surface area contributed by atoms with Gasteiger partial charge in [0.2, 0.25) is 0 Å². The zero-order valence-electron chi connectivity index (χ0n) is 12.4. The van der Waals surface area contributed by atoms with Crippen LogP contribution in [0.25, 0.3) is 11.4 Å². The first-order valence-electron chi connectivity index (χ1n) is 7.40. The third-order valence-corrected chi connectivity index (χ3v) is 4.39. The Hall–Kier alpha value is -1.98. The van der Waals surface area contributed by atoms with Gasteiger partial charge in [0.05, 0.1) is 6.04 Å². The van der Waals surface area contributed by atoms with E-state index in [2.05, 4.69) is 22.4 Å². The summed E-state index contributed by atoms with van der Waals surface area (Å²) in [5, 5.41) is 12.0. The molecule has 0 aliphatic heterocycles. The second kappa shape index (κ2) is 5.42. The van der Waals surface area contributed by atoms with Crippen LogP contribution in [0.5, 0.6) is 0 Å². The molecule has 0 radical (unpaired) electrons. The van der Waals surface area contributed by atoms with Crippen molar-refractivity contribution in [3.63, 3.8) is 0 Å². The Kier molecular flexibility index (Phi) is 3.61. The number of halogens is 1. The molecular weight excluding hydrogens is 269 g/mol. The first-order valence-corrected chi connectivity index (χ1v) is 7.40. The molecule has 2 N–H and O–H groups in total. The Balaban J connectivity index is 1.99. The molecule has 5 nitrogen and oxygen atoms in total. The van der Waals surface area contributed by atoms with E-state index in [-0.39, 0.29) is 11.9 Å². The normalized spacial score (nSPS) is 22.4. The molecule has 0 bridgehead atoms. The smallest absolute Gasteiger partial charge is 0.182 e. The minimum absolute atomic E-state index is 0.282. The van der Waals surface area contributed by atoms with E-state index in [0.717, 1.165) is 12.8 Å².